The molecule has 0 unspecified atom stereocenters. The van der Waals surface area contributed by atoms with Crippen molar-refractivity contribution in [1.29, 1.82) is 0 Å². The van der Waals surface area contributed by atoms with E-state index < -0.39 is 0 Å². The van der Waals surface area contributed by atoms with Crippen molar-refractivity contribution < 1.29 is 24.4 Å². The summed E-state index contributed by atoms with van der Waals surface area (Å²) in [5.41, 5.74) is 0. The van der Waals surface area contributed by atoms with Gasteiger partial charge in [0.15, 0.2) is 0 Å². The van der Waals surface area contributed by atoms with E-state index in [0.29, 0.717) is 39.6 Å². The topological polar surface area (TPSA) is 71.4 Å². The first-order valence-electron chi connectivity index (χ1n) is 14.0. The number of nitrogens with zero attached hydrogens (tertiary/aromatic N) is 1. The Morgan fingerprint density at radius 3 is 1.30 bits per heavy atom. The van der Waals surface area contributed by atoms with Crippen LogP contribution in [0.15, 0.2) is 0 Å². The minimum absolute atomic E-state index is 0.0485. The molecule has 6 heteroatoms. The zero-order valence-corrected chi connectivity index (χ0v) is 22.0. The molecule has 0 rings (SSSR count). The van der Waals surface area contributed by atoms with E-state index in [1.807, 2.05) is 0 Å². The van der Waals surface area contributed by atoms with Gasteiger partial charge in [0, 0.05) is 13.1 Å². The zero-order valence-electron chi connectivity index (χ0n) is 22.0. The molecule has 0 fully saturated rings. The molecule has 200 valence electrons. The summed E-state index contributed by atoms with van der Waals surface area (Å²) in [4.78, 5) is 2.30. The average molecular weight is 476 g/mol. The number of aliphatic hydroxyl groups excluding tert-OH is 2. The molecule has 0 aliphatic carbocycles. The highest BCUT2D eigenvalue weighted by Crippen LogP contribution is 2.13. The Balaban J connectivity index is 3.36. The fraction of sp³-hybridized carbons (Fsp3) is 1.00. The Morgan fingerprint density at radius 2 is 0.848 bits per heavy atom. The predicted octanol–water partition coefficient (Wildman–Crippen LogP) is 5.19. The summed E-state index contributed by atoms with van der Waals surface area (Å²) in [6, 6.07) is 0. The SMILES string of the molecule is CCCCCCCCCCCCCCCCCN(CCO)CCOCCOCCOCCO. The minimum Gasteiger partial charge on any atom is -0.395 e. The van der Waals surface area contributed by atoms with Crippen LogP contribution in [0, 0.1) is 0 Å². The normalized spacial score (nSPS) is 11.6. The van der Waals surface area contributed by atoms with E-state index in [0.717, 1.165) is 19.6 Å². The van der Waals surface area contributed by atoms with E-state index in [2.05, 4.69) is 11.8 Å². The predicted molar refractivity (Wildman–Crippen MR) is 138 cm³/mol. The number of unbranched alkanes of at least 4 members (excludes halogenated alkanes) is 14. The molecule has 33 heavy (non-hydrogen) atoms. The number of hydrogen-bond donors (Lipinski definition) is 2. The van der Waals surface area contributed by atoms with E-state index in [1.54, 1.807) is 0 Å². The summed E-state index contributed by atoms with van der Waals surface area (Å²) in [5.74, 6) is 0. The van der Waals surface area contributed by atoms with Gasteiger partial charge in [-0.2, -0.15) is 0 Å². The number of aliphatic hydroxyl groups is 2. The van der Waals surface area contributed by atoms with Crippen molar-refractivity contribution in [2.75, 3.05) is 72.5 Å². The van der Waals surface area contributed by atoms with E-state index in [-0.39, 0.29) is 13.2 Å². The molecule has 0 aromatic rings. The monoisotopic (exact) mass is 475 g/mol. The van der Waals surface area contributed by atoms with Gasteiger partial charge in [-0.1, -0.05) is 96.8 Å². The lowest BCUT2D eigenvalue weighted by Crippen LogP contribution is -2.31. The molecule has 0 spiro atoms. The van der Waals surface area contributed by atoms with Crippen molar-refractivity contribution in [1.82, 2.24) is 4.90 Å². The van der Waals surface area contributed by atoms with Crippen LogP contribution in [0.1, 0.15) is 103 Å². The first-order chi connectivity index (χ1) is 16.3. The third-order valence-corrected chi connectivity index (χ3v) is 6.03. The molecule has 0 amide bonds. The van der Waals surface area contributed by atoms with Gasteiger partial charge in [0.2, 0.25) is 0 Å². The lowest BCUT2D eigenvalue weighted by molar-refractivity contribution is 0.00405. The first kappa shape index (κ1) is 32.8. The maximum Gasteiger partial charge on any atom is 0.0701 e. The maximum atomic E-state index is 9.29. The smallest absolute Gasteiger partial charge is 0.0701 e. The third kappa shape index (κ3) is 27.9. The molecule has 0 heterocycles. The van der Waals surface area contributed by atoms with Crippen molar-refractivity contribution in [3.63, 3.8) is 0 Å². The second-order valence-electron chi connectivity index (χ2n) is 9.08. The number of rotatable bonds is 29. The third-order valence-electron chi connectivity index (χ3n) is 6.03. The molecular formula is C27H57NO5. The van der Waals surface area contributed by atoms with Gasteiger partial charge in [-0.25, -0.2) is 0 Å². The molecule has 0 bridgehead atoms. The quantitative estimate of drug-likeness (QED) is 0.145. The highest BCUT2D eigenvalue weighted by molar-refractivity contribution is 4.58. The van der Waals surface area contributed by atoms with Gasteiger partial charge >= 0.3 is 0 Å². The second-order valence-corrected chi connectivity index (χ2v) is 9.08. The van der Waals surface area contributed by atoms with Crippen LogP contribution < -0.4 is 0 Å². The summed E-state index contributed by atoms with van der Waals surface area (Å²) < 4.78 is 16.2. The maximum absolute atomic E-state index is 9.29. The van der Waals surface area contributed by atoms with Crippen molar-refractivity contribution in [3.8, 4) is 0 Å². The molecule has 0 saturated carbocycles. The number of ether oxygens (including phenoxy) is 3. The number of hydrogen-bond acceptors (Lipinski definition) is 6. The van der Waals surface area contributed by atoms with Crippen molar-refractivity contribution in [3.05, 3.63) is 0 Å². The minimum atomic E-state index is 0.0485. The van der Waals surface area contributed by atoms with Crippen LogP contribution in [0.4, 0.5) is 0 Å². The second kappa shape index (κ2) is 29.8. The van der Waals surface area contributed by atoms with Gasteiger partial charge in [0.05, 0.1) is 52.9 Å². The molecule has 0 atom stereocenters. The van der Waals surface area contributed by atoms with Crippen LogP contribution >= 0.6 is 0 Å². The van der Waals surface area contributed by atoms with Crippen LogP contribution in [-0.4, -0.2) is 87.6 Å². The van der Waals surface area contributed by atoms with Gasteiger partial charge in [-0.3, -0.25) is 4.90 Å². The van der Waals surface area contributed by atoms with E-state index in [4.69, 9.17) is 19.3 Å². The zero-order chi connectivity index (χ0) is 24.1. The molecule has 6 nitrogen and oxygen atoms in total. The van der Waals surface area contributed by atoms with Gasteiger partial charge < -0.3 is 24.4 Å². The fourth-order valence-electron chi connectivity index (χ4n) is 3.98. The lowest BCUT2D eigenvalue weighted by atomic mass is 10.0. The van der Waals surface area contributed by atoms with Crippen molar-refractivity contribution >= 4 is 0 Å². The van der Waals surface area contributed by atoms with Gasteiger partial charge in [-0.05, 0) is 13.0 Å². The van der Waals surface area contributed by atoms with Gasteiger partial charge in [0.25, 0.3) is 0 Å². The summed E-state index contributed by atoms with van der Waals surface area (Å²) >= 11 is 0. The van der Waals surface area contributed by atoms with Crippen LogP contribution in [0.25, 0.3) is 0 Å². The molecule has 0 saturated heterocycles. The molecule has 0 aromatic carbocycles. The van der Waals surface area contributed by atoms with E-state index in [9.17, 15) is 5.11 Å². The lowest BCUT2D eigenvalue weighted by Gasteiger charge is -2.21. The van der Waals surface area contributed by atoms with Crippen molar-refractivity contribution in [2.24, 2.45) is 0 Å². The van der Waals surface area contributed by atoms with Crippen LogP contribution in [-0.2, 0) is 14.2 Å². The average Bonchev–Trinajstić information content (AvgIpc) is 2.82. The highest BCUT2D eigenvalue weighted by Gasteiger charge is 2.04. The molecule has 2 N–H and O–H groups in total. The van der Waals surface area contributed by atoms with Crippen LogP contribution in [0.2, 0.25) is 0 Å². The highest BCUT2D eigenvalue weighted by atomic mass is 16.5. The van der Waals surface area contributed by atoms with Crippen LogP contribution in [0.3, 0.4) is 0 Å². The molecule has 0 aliphatic heterocycles. The Hall–Kier alpha value is -0.240. The Kier molecular flexibility index (Phi) is 29.6. The standard InChI is InChI=1S/C27H57NO5/c1-2-3-4-5-6-7-8-9-10-11-12-13-14-15-16-17-28(18-20-29)19-22-31-24-26-33-27-25-32-23-21-30/h29-30H,2-27H2,1H3. The van der Waals surface area contributed by atoms with Gasteiger partial charge in [-0.15, -0.1) is 0 Å². The van der Waals surface area contributed by atoms with Crippen molar-refractivity contribution in [2.45, 2.75) is 103 Å². The molecule has 0 aliphatic rings. The summed E-state index contributed by atoms with van der Waals surface area (Å²) in [6.45, 7) is 8.35. The summed E-state index contributed by atoms with van der Waals surface area (Å²) in [7, 11) is 0. The first-order valence-corrected chi connectivity index (χ1v) is 14.0. The van der Waals surface area contributed by atoms with E-state index >= 15 is 0 Å². The van der Waals surface area contributed by atoms with Crippen LogP contribution in [0.5, 0.6) is 0 Å². The molecular weight excluding hydrogens is 418 g/mol. The summed E-state index contributed by atoms with van der Waals surface area (Å²) in [6.07, 6.45) is 20.8. The Labute approximate surface area is 205 Å². The van der Waals surface area contributed by atoms with E-state index in [1.165, 1.54) is 96.3 Å². The fourth-order valence-corrected chi connectivity index (χ4v) is 3.98. The molecule has 0 radical (unpaired) electrons. The molecule has 0 aromatic heterocycles. The summed E-state index contributed by atoms with van der Waals surface area (Å²) in [5, 5.41) is 17.9. The Morgan fingerprint density at radius 1 is 0.424 bits per heavy atom. The van der Waals surface area contributed by atoms with Gasteiger partial charge in [0.1, 0.15) is 0 Å². The largest absolute Gasteiger partial charge is 0.395 e. The Bertz CT molecular complexity index is 346.